The van der Waals surface area contributed by atoms with Crippen molar-refractivity contribution in [2.24, 2.45) is 0 Å². The lowest BCUT2D eigenvalue weighted by atomic mass is 10.1. The normalized spacial score (nSPS) is 13.5. The van der Waals surface area contributed by atoms with Crippen LogP contribution in [0.15, 0.2) is 227 Å². The van der Waals surface area contributed by atoms with Gasteiger partial charge in [0.2, 0.25) is 0 Å². The van der Waals surface area contributed by atoms with Crippen LogP contribution in [0.4, 0.5) is 23.3 Å². The molecule has 0 aliphatic carbocycles. The van der Waals surface area contributed by atoms with E-state index < -0.39 is 0 Å². The van der Waals surface area contributed by atoms with Crippen LogP contribution in [0, 0.1) is 0 Å². The number of fused-ring (bicyclic) bond motifs is 8. The van der Waals surface area contributed by atoms with E-state index in [9.17, 15) is 4.79 Å². The van der Waals surface area contributed by atoms with Crippen LogP contribution >= 0.6 is 46.4 Å². The molecule has 2 aliphatic heterocycles. The first-order valence-electron chi connectivity index (χ1n) is 44.5. The lowest BCUT2D eigenvalue weighted by Gasteiger charge is -2.27. The van der Waals surface area contributed by atoms with Gasteiger partial charge in [-0.3, -0.25) is 29.5 Å². The fourth-order valence-corrected chi connectivity index (χ4v) is 17.9. The van der Waals surface area contributed by atoms with E-state index >= 15 is 0 Å². The predicted molar refractivity (Wildman–Crippen MR) is 557 cm³/mol. The molecule has 718 valence electrons. The molecule has 0 spiro atoms. The Morgan fingerprint density at radius 3 is 1.07 bits per heavy atom. The summed E-state index contributed by atoms with van der Waals surface area (Å²) in [4.78, 5) is 92.3. The minimum absolute atomic E-state index is 0. The molecule has 2 fully saturated rings. The summed E-state index contributed by atoms with van der Waals surface area (Å²) in [5.74, 6) is 5.08. The number of aromatic amines is 1. The number of nitrogens with zero attached hydrogens (tertiary/aromatic N) is 21. The molecule has 5 N–H and O–H groups in total. The van der Waals surface area contributed by atoms with Crippen molar-refractivity contribution in [2.75, 3.05) is 95.2 Å². The van der Waals surface area contributed by atoms with E-state index in [0.29, 0.717) is 92.1 Å². The van der Waals surface area contributed by atoms with Gasteiger partial charge in [0.05, 0.1) is 177 Å². The van der Waals surface area contributed by atoms with Crippen molar-refractivity contribution in [3.63, 3.8) is 0 Å². The number of ether oxygens (including phenoxy) is 5. The number of aldehydes is 1. The molecule has 4 atom stereocenters. The molecule has 0 amide bonds. The molecule has 0 bridgehead atoms. The summed E-state index contributed by atoms with van der Waals surface area (Å²) in [6.07, 6.45) is 15.5. The molecule has 0 saturated carbocycles. The first-order chi connectivity index (χ1) is 66.9. The van der Waals surface area contributed by atoms with E-state index in [1.54, 1.807) is 71.4 Å². The Balaban J connectivity index is 0.000000141. The van der Waals surface area contributed by atoms with Gasteiger partial charge < -0.3 is 63.6 Å². The number of aromatic nitrogens is 20. The molecule has 140 heavy (non-hydrogen) atoms. The van der Waals surface area contributed by atoms with Gasteiger partial charge in [-0.1, -0.05) is 160 Å². The Morgan fingerprint density at radius 1 is 0.393 bits per heavy atom. The predicted octanol–water partition coefficient (Wildman–Crippen LogP) is 21.5. The molecule has 14 heterocycles. The van der Waals surface area contributed by atoms with Crippen molar-refractivity contribution < 1.29 is 28.5 Å². The number of nitrogens with one attached hydrogen (secondary N) is 5. The topological polar surface area (TPSA) is 355 Å². The summed E-state index contributed by atoms with van der Waals surface area (Å²) < 4.78 is 32.8. The number of halogens is 4. The minimum Gasteiger partial charge on any atom is -0.497 e. The van der Waals surface area contributed by atoms with Gasteiger partial charge in [0, 0.05) is 60.8 Å². The Labute approximate surface area is 829 Å². The van der Waals surface area contributed by atoms with Gasteiger partial charge >= 0.3 is 0 Å². The molecule has 12 aromatic heterocycles. The number of benzene rings is 7. The summed E-state index contributed by atoms with van der Waals surface area (Å²) in [5.41, 5.74) is 15.5. The van der Waals surface area contributed by atoms with Crippen LogP contribution < -0.4 is 35.5 Å². The van der Waals surface area contributed by atoms with Crippen molar-refractivity contribution in [2.45, 2.75) is 107 Å². The first-order valence-corrected chi connectivity index (χ1v) is 46.0. The lowest BCUT2D eigenvalue weighted by molar-refractivity contribution is 0.0337. The van der Waals surface area contributed by atoms with E-state index in [0.717, 1.165) is 210 Å². The van der Waals surface area contributed by atoms with Gasteiger partial charge in [-0.2, -0.15) is 0 Å². The lowest BCUT2D eigenvalue weighted by Crippen LogP contribution is -2.36. The van der Waals surface area contributed by atoms with E-state index in [1.165, 1.54) is 12.7 Å². The number of hydrogen-bond donors (Lipinski definition) is 5. The maximum absolute atomic E-state index is 11.7. The standard InChI is InChI=1S/C29H30ClN7O2.C26H23ClN6O.C25H21ClN6O2.C21H22ClN7O.3CH4/c1-19(24-14-21-4-3-5-23(30)26(21)25(35-24)16-36-10-12-39-13-11-36)34-28-27-29(32-17-31-28)37(18-33-27)15-20-6-8-22(38-2)9-7-20;1-4-21-23-18(6-5-7-20(23)27)12-22(32-21)16(2)31-25-24-26(29-14-28-25)33(15-30-24)13-17-8-10-19(34-3)11-9-17;1-15(20-10-17-4-3-5-19(26)22(17)21(12-33)31-20)30-24-23-25(28-13-27-24)32(14-29-23)11-16-6-8-18(34-2)9-7-16;1-13(27-21-19-20(24-11-23-19)25-12-26-21)16-9-14-3-2-4-15(22)18(14)17(28-16)10-29-5-7-30-8-6-29;;;/h3-9,14,17-19H,10-13,15-16H2,1-2H3,(H,31,32,34);4-12,14-16H,1,13H2,2-3H3,(H,28,29,31);3-10,12-15H,11H2,1-2H3,(H,27,28,30);2-4,9,11-13H,5-8,10H2,1H3,(H2,23,24,25,26,27);3*1H4/t19-;16-;15-;13-;;;/m0000.../s1. The zero-order chi connectivity index (χ0) is 94.6. The van der Waals surface area contributed by atoms with Crippen LogP contribution in [0.2, 0.25) is 20.1 Å². The van der Waals surface area contributed by atoms with Gasteiger partial charge in [0.15, 0.2) is 52.1 Å². The Morgan fingerprint density at radius 2 is 0.714 bits per heavy atom. The number of rotatable bonds is 27. The smallest absolute Gasteiger partial charge is 0.182 e. The van der Waals surface area contributed by atoms with Gasteiger partial charge in [0.1, 0.15) is 70.3 Å². The second-order valence-corrected chi connectivity index (χ2v) is 34.6. The molecular formula is C104H108Cl4N26O6. The Hall–Kier alpha value is -14.6. The van der Waals surface area contributed by atoms with Crippen LogP contribution in [0.5, 0.6) is 17.2 Å². The van der Waals surface area contributed by atoms with Crippen molar-refractivity contribution >= 4 is 170 Å². The van der Waals surface area contributed by atoms with Crippen molar-refractivity contribution in [1.82, 2.24) is 108 Å². The third-order valence-corrected chi connectivity index (χ3v) is 25.2. The molecule has 0 radical (unpaired) electrons. The minimum atomic E-state index is -0.244. The third-order valence-electron chi connectivity index (χ3n) is 23.9. The number of morpholine rings is 2. The van der Waals surface area contributed by atoms with Crippen molar-refractivity contribution in [3.8, 4) is 17.2 Å². The fourth-order valence-electron chi connectivity index (χ4n) is 16.7. The molecule has 32 nitrogen and oxygen atoms in total. The second kappa shape index (κ2) is 45.8. The second-order valence-electron chi connectivity index (χ2n) is 32.9. The number of H-pyrrole nitrogens is 1. The molecule has 7 aromatic carbocycles. The third kappa shape index (κ3) is 22.5. The summed E-state index contributed by atoms with van der Waals surface area (Å²) in [6.45, 7) is 21.9. The van der Waals surface area contributed by atoms with Gasteiger partial charge in [-0.25, -0.2) is 64.8 Å². The van der Waals surface area contributed by atoms with E-state index in [1.807, 2.05) is 167 Å². The van der Waals surface area contributed by atoms with Crippen LogP contribution in [0.1, 0.15) is 141 Å². The molecule has 2 saturated heterocycles. The Kier molecular flexibility index (Phi) is 32.7. The maximum atomic E-state index is 11.7. The molecular weight excluding hydrogens is 1850 g/mol. The van der Waals surface area contributed by atoms with E-state index in [4.69, 9.17) is 85.0 Å². The largest absolute Gasteiger partial charge is 0.497 e. The number of hydrogen-bond acceptors (Lipinski definition) is 28. The van der Waals surface area contributed by atoms with Crippen LogP contribution in [-0.2, 0) is 42.2 Å². The van der Waals surface area contributed by atoms with Crippen molar-refractivity contribution in [3.05, 3.63) is 309 Å². The number of anilines is 4. The van der Waals surface area contributed by atoms with Crippen LogP contribution in [0.3, 0.4) is 0 Å². The van der Waals surface area contributed by atoms with Crippen LogP contribution in [0.25, 0.3) is 93.8 Å². The van der Waals surface area contributed by atoms with Gasteiger partial charge in [0.25, 0.3) is 0 Å². The summed E-state index contributed by atoms with van der Waals surface area (Å²) in [7, 11) is 4.97. The number of carbonyl (C=O) groups is 1. The highest BCUT2D eigenvalue weighted by Gasteiger charge is 2.26. The summed E-state index contributed by atoms with van der Waals surface area (Å²) >= 11 is 25.9. The summed E-state index contributed by atoms with van der Waals surface area (Å²) in [5, 5.41) is 24.0. The fraction of sp³-hybridized carbons (Fsp3) is 0.260. The monoisotopic (exact) mass is 1960 g/mol. The zero-order valence-corrected chi connectivity index (χ0v) is 79.0. The first kappa shape index (κ1) is 99.9. The SMILES string of the molecule is C.C.C.C=Cc1nc([C@H](C)Nc2ncnc3c2ncn3Cc2ccc(OC)cc2)cc2cccc(Cl)c12.COc1ccc(Cn2cnc3c(N[C@@H](C)c4cc5cccc(Cl)c5c(C=O)n4)ncnc32)cc1.COc1ccc(Cn2cnc3c(N[C@@H](C)c4cc5cccc(Cl)c5c(CN5CCOCC5)n4)ncnc32)cc1.C[C@H](Nc1ncnc2nc[nH]c12)c1cc2cccc(Cl)c2c(CN2CCOCC2)n1. The van der Waals surface area contributed by atoms with Gasteiger partial charge in [-0.15, -0.1) is 0 Å². The number of carbonyl (C=O) groups excluding carboxylic acids is 1. The van der Waals surface area contributed by atoms with Crippen molar-refractivity contribution in [1.29, 1.82) is 0 Å². The van der Waals surface area contributed by atoms with E-state index in [-0.39, 0.29) is 46.4 Å². The number of imidazole rings is 4. The highest BCUT2D eigenvalue weighted by atomic mass is 35.5. The molecule has 2 aliphatic rings. The summed E-state index contributed by atoms with van der Waals surface area (Å²) in [6, 6.07) is 54.7. The Bertz CT molecular complexity index is 7320. The molecule has 36 heteroatoms. The number of pyridine rings is 4. The zero-order valence-electron chi connectivity index (χ0n) is 76.0. The van der Waals surface area contributed by atoms with Gasteiger partial charge in [-0.05, 0) is 157 Å². The molecule has 0 unspecified atom stereocenters. The average Bonchev–Trinajstić information content (AvgIpc) is 1.17. The quantitative estimate of drug-likeness (QED) is 0.0299. The van der Waals surface area contributed by atoms with E-state index in [2.05, 4.69) is 146 Å². The average molecular weight is 1960 g/mol. The molecule has 21 rings (SSSR count). The van der Waals surface area contributed by atoms with Crippen LogP contribution in [-0.4, -0.2) is 188 Å². The molecule has 19 aromatic rings. The maximum Gasteiger partial charge on any atom is 0.182 e. The number of methoxy groups -OCH3 is 3. The highest BCUT2D eigenvalue weighted by molar-refractivity contribution is 6.37. The highest BCUT2D eigenvalue weighted by Crippen LogP contribution is 2.38.